The largest absolute Gasteiger partial charge is 0.481 e. The third-order valence-electron chi connectivity index (χ3n) is 5.11. The Morgan fingerprint density at radius 2 is 2.16 bits per heavy atom. The fraction of sp³-hybridized carbons (Fsp3) is 0.389. The standard InChI is InChI=1S/C18H15Br2N3O2/c1-4-5-23-10-11(6-12(23)8-21)13(9-22)18(16(24)25)14(7-15(19)20)17(18,2)3/h1,6-7,10,13-14H,5H2,2-3H3,(H,24,25)/t13-,14-,18+/m0/s1. The zero-order valence-electron chi connectivity index (χ0n) is 13.6. The minimum absolute atomic E-state index is 0.181. The fourth-order valence-corrected chi connectivity index (χ4v) is 4.37. The highest BCUT2D eigenvalue weighted by Crippen LogP contribution is 2.75. The maximum absolute atomic E-state index is 12.2. The van der Waals surface area contributed by atoms with Crippen LogP contribution < -0.4 is 0 Å². The second-order valence-corrected chi connectivity index (χ2v) is 9.27. The maximum Gasteiger partial charge on any atom is 0.312 e. The Kier molecular flexibility index (Phi) is 5.19. The molecule has 0 radical (unpaired) electrons. The molecule has 3 atom stereocenters. The third kappa shape index (κ3) is 2.80. The van der Waals surface area contributed by atoms with Crippen molar-refractivity contribution in [3.05, 3.63) is 33.0 Å². The molecule has 1 heterocycles. The summed E-state index contributed by atoms with van der Waals surface area (Å²) in [5.41, 5.74) is -1.12. The van der Waals surface area contributed by atoms with Crippen molar-refractivity contribution in [1.82, 2.24) is 4.57 Å². The van der Waals surface area contributed by atoms with Gasteiger partial charge in [-0.2, -0.15) is 10.5 Å². The van der Waals surface area contributed by atoms with Crippen molar-refractivity contribution in [3.63, 3.8) is 0 Å². The normalized spacial score (nSPS) is 24.3. The van der Waals surface area contributed by atoms with Gasteiger partial charge in [0.25, 0.3) is 0 Å². The number of hydrogen-bond donors (Lipinski definition) is 1. The van der Waals surface area contributed by atoms with Gasteiger partial charge in [0.15, 0.2) is 0 Å². The molecule has 5 nitrogen and oxygen atoms in total. The van der Waals surface area contributed by atoms with Crippen molar-refractivity contribution in [2.45, 2.75) is 26.3 Å². The van der Waals surface area contributed by atoms with E-state index in [0.29, 0.717) is 14.6 Å². The first-order chi connectivity index (χ1) is 11.7. The van der Waals surface area contributed by atoms with Gasteiger partial charge in [-0.15, -0.1) is 6.42 Å². The summed E-state index contributed by atoms with van der Waals surface area (Å²) in [4.78, 5) is 12.2. The zero-order valence-corrected chi connectivity index (χ0v) is 16.8. The lowest BCUT2D eigenvalue weighted by molar-refractivity contribution is -0.145. The lowest BCUT2D eigenvalue weighted by Gasteiger charge is -2.20. The molecule has 1 N–H and O–H groups in total. The van der Waals surface area contributed by atoms with Gasteiger partial charge in [-0.05, 0) is 48.9 Å². The van der Waals surface area contributed by atoms with Crippen molar-refractivity contribution < 1.29 is 9.90 Å². The second-order valence-electron chi connectivity index (χ2n) is 6.49. The molecular formula is C18H15Br2N3O2. The third-order valence-corrected chi connectivity index (χ3v) is 5.64. The van der Waals surface area contributed by atoms with Crippen molar-refractivity contribution in [1.29, 1.82) is 10.5 Å². The quantitative estimate of drug-likeness (QED) is 0.667. The molecule has 1 aromatic heterocycles. The van der Waals surface area contributed by atoms with E-state index >= 15 is 0 Å². The van der Waals surface area contributed by atoms with Crippen LogP contribution in [-0.4, -0.2) is 15.6 Å². The summed E-state index contributed by atoms with van der Waals surface area (Å²) in [7, 11) is 0. The number of aromatic nitrogens is 1. The Bertz CT molecular complexity index is 876. The summed E-state index contributed by atoms with van der Waals surface area (Å²) in [6, 6.07) is 5.73. The van der Waals surface area contributed by atoms with Crippen molar-refractivity contribution in [2.75, 3.05) is 0 Å². The summed E-state index contributed by atoms with van der Waals surface area (Å²) in [5.74, 6) is 0.155. The van der Waals surface area contributed by atoms with E-state index in [4.69, 9.17) is 6.42 Å². The molecular weight excluding hydrogens is 450 g/mol. The fourth-order valence-electron chi connectivity index (χ4n) is 3.84. The topological polar surface area (TPSA) is 89.8 Å². The first kappa shape index (κ1) is 19.3. The van der Waals surface area contributed by atoms with Crippen LogP contribution in [0.1, 0.15) is 31.0 Å². The Balaban J connectivity index is 2.62. The number of terminal acetylenes is 1. The lowest BCUT2D eigenvalue weighted by atomic mass is 9.79. The van der Waals surface area contributed by atoms with Gasteiger partial charge in [0.1, 0.15) is 17.2 Å². The van der Waals surface area contributed by atoms with Gasteiger partial charge in [-0.25, -0.2) is 0 Å². The van der Waals surface area contributed by atoms with Gasteiger partial charge < -0.3 is 9.67 Å². The van der Waals surface area contributed by atoms with E-state index in [9.17, 15) is 20.4 Å². The lowest BCUT2D eigenvalue weighted by Crippen LogP contribution is -2.28. The Hall–Kier alpha value is -2.01. The summed E-state index contributed by atoms with van der Waals surface area (Å²) in [6.07, 6.45) is 8.68. The van der Waals surface area contributed by atoms with Crippen LogP contribution in [0.4, 0.5) is 0 Å². The van der Waals surface area contributed by atoms with Crippen molar-refractivity contribution in [2.24, 2.45) is 16.7 Å². The molecule has 0 bridgehead atoms. The molecule has 0 unspecified atom stereocenters. The Labute approximate surface area is 163 Å². The van der Waals surface area contributed by atoms with Gasteiger partial charge in [-0.3, -0.25) is 4.79 Å². The molecule has 1 fully saturated rings. The first-order valence-electron chi connectivity index (χ1n) is 7.37. The van der Waals surface area contributed by atoms with Crippen LogP contribution in [0.25, 0.3) is 0 Å². The number of aliphatic carboxylic acids is 1. The molecule has 1 aliphatic rings. The van der Waals surface area contributed by atoms with Crippen molar-refractivity contribution >= 4 is 37.8 Å². The Morgan fingerprint density at radius 1 is 1.52 bits per heavy atom. The van der Waals surface area contributed by atoms with E-state index < -0.39 is 22.7 Å². The SMILES string of the molecule is C#CCn1cc([C@H](C#N)[C@]2(C(=O)O)[C@@H](C=C(Br)Br)C2(C)C)cc1C#N. The number of nitrogens with zero attached hydrogens (tertiary/aromatic N) is 3. The molecule has 0 aromatic carbocycles. The van der Waals surface area contributed by atoms with Crippen molar-refractivity contribution in [3.8, 4) is 24.5 Å². The zero-order chi connectivity index (χ0) is 19.0. The minimum Gasteiger partial charge on any atom is -0.481 e. The van der Waals surface area contributed by atoms with Gasteiger partial charge in [0, 0.05) is 12.1 Å². The van der Waals surface area contributed by atoms with Crippen LogP contribution in [0, 0.1) is 51.8 Å². The molecule has 0 spiro atoms. The summed E-state index contributed by atoms with van der Waals surface area (Å²) in [6.45, 7) is 3.85. The summed E-state index contributed by atoms with van der Waals surface area (Å²) < 4.78 is 2.19. The van der Waals surface area contributed by atoms with E-state index in [-0.39, 0.29) is 12.5 Å². The smallest absolute Gasteiger partial charge is 0.312 e. The van der Waals surface area contributed by atoms with Crippen LogP contribution >= 0.6 is 31.9 Å². The van der Waals surface area contributed by atoms with Gasteiger partial charge in [-0.1, -0.05) is 25.8 Å². The summed E-state index contributed by atoms with van der Waals surface area (Å²) >= 11 is 6.55. The predicted octanol–water partition coefficient (Wildman–Crippen LogP) is 3.96. The highest BCUT2D eigenvalue weighted by atomic mass is 79.9. The maximum atomic E-state index is 12.2. The van der Waals surface area contributed by atoms with E-state index in [1.807, 2.05) is 19.9 Å². The van der Waals surface area contributed by atoms with E-state index in [0.717, 1.165) is 0 Å². The number of carboxylic acids is 1. The molecule has 1 aliphatic carbocycles. The van der Waals surface area contributed by atoms with Gasteiger partial charge in [0.05, 0.1) is 21.9 Å². The van der Waals surface area contributed by atoms with E-state index in [2.05, 4.69) is 43.8 Å². The number of halogens is 2. The molecule has 128 valence electrons. The second kappa shape index (κ2) is 6.71. The minimum atomic E-state index is -1.29. The molecule has 0 amide bonds. The number of carbonyl (C=O) groups is 1. The number of rotatable bonds is 5. The molecule has 2 rings (SSSR count). The van der Waals surface area contributed by atoms with E-state index in [1.165, 1.54) is 0 Å². The molecule has 7 heteroatoms. The van der Waals surface area contributed by atoms with Crippen LogP contribution in [0.5, 0.6) is 0 Å². The highest BCUT2D eigenvalue weighted by Gasteiger charge is 2.78. The molecule has 1 aromatic rings. The highest BCUT2D eigenvalue weighted by molar-refractivity contribution is 9.28. The number of nitriles is 2. The number of hydrogen-bond acceptors (Lipinski definition) is 3. The molecule has 1 saturated carbocycles. The van der Waals surface area contributed by atoms with Gasteiger partial charge >= 0.3 is 5.97 Å². The van der Waals surface area contributed by atoms with Crippen LogP contribution in [0.3, 0.4) is 0 Å². The Morgan fingerprint density at radius 3 is 2.60 bits per heavy atom. The van der Waals surface area contributed by atoms with E-state index in [1.54, 1.807) is 22.9 Å². The number of allylic oxidation sites excluding steroid dienone is 1. The summed E-state index contributed by atoms with van der Waals surface area (Å²) in [5, 5.41) is 29.1. The average molecular weight is 465 g/mol. The first-order valence-corrected chi connectivity index (χ1v) is 8.96. The average Bonchev–Trinajstić information content (AvgIpc) is 2.83. The molecule has 0 aliphatic heterocycles. The molecule has 25 heavy (non-hydrogen) atoms. The van der Waals surface area contributed by atoms with Crippen LogP contribution in [0.2, 0.25) is 0 Å². The van der Waals surface area contributed by atoms with Crippen LogP contribution in [-0.2, 0) is 11.3 Å². The van der Waals surface area contributed by atoms with Gasteiger partial charge in [0.2, 0.25) is 0 Å². The number of carboxylic acid groups (broad SMARTS) is 1. The predicted molar refractivity (Wildman–Crippen MR) is 99.6 cm³/mol. The molecule has 0 saturated heterocycles. The monoisotopic (exact) mass is 463 g/mol. The van der Waals surface area contributed by atoms with Crippen LogP contribution in [0.15, 0.2) is 21.7 Å².